The van der Waals surface area contributed by atoms with Crippen LogP contribution in [0.15, 0.2) is 84.9 Å². The molecule has 0 atom stereocenters. The molecule has 0 aromatic heterocycles. The summed E-state index contributed by atoms with van der Waals surface area (Å²) >= 11 is 0. The van der Waals surface area contributed by atoms with Crippen LogP contribution in [0.25, 0.3) is 0 Å². The predicted molar refractivity (Wildman–Crippen MR) is 163 cm³/mol. The normalized spacial score (nSPS) is 12.1. The lowest BCUT2D eigenvalue weighted by atomic mass is 10.1. The van der Waals surface area contributed by atoms with Gasteiger partial charge in [0.25, 0.3) is 0 Å². The first-order chi connectivity index (χ1) is 20.2. The molecule has 4 aromatic rings. The van der Waals surface area contributed by atoms with Gasteiger partial charge in [0.1, 0.15) is 26.2 Å². The first kappa shape index (κ1) is 31.9. The number of aromatic carboxylic acids is 2. The van der Waals surface area contributed by atoms with Gasteiger partial charge in [-0.25, -0.2) is 0 Å². The number of hydrogen-bond donors (Lipinski definition) is 4. The standard InChI is InChI=1S/2C15H15NO2.C4H10N2/c2*1-10-6-5-9-13(11(10)2)16-14-8-4-3-7-12(14)15(17)18;1-2-6-4-3-5-1/h2*3-9,16H,1-2H3,(H,17,18);5-6H,1-4H2. The third kappa shape index (κ3) is 9.19. The fourth-order valence-corrected chi connectivity index (χ4v) is 4.36. The van der Waals surface area contributed by atoms with Crippen LogP contribution in [0.4, 0.5) is 22.7 Å². The molecule has 0 saturated carbocycles. The summed E-state index contributed by atoms with van der Waals surface area (Å²) in [4.78, 5) is 22.0. The smallest absolute Gasteiger partial charge is 0.125 e. The molecule has 0 amide bonds. The number of benzene rings is 4. The number of anilines is 4. The van der Waals surface area contributed by atoms with E-state index in [0.29, 0.717) is 11.4 Å². The Kier molecular flexibility index (Phi) is 12.1. The molecule has 8 nitrogen and oxygen atoms in total. The second kappa shape index (κ2) is 16.0. The molecule has 1 heterocycles. The van der Waals surface area contributed by atoms with Crippen molar-refractivity contribution in [2.24, 2.45) is 0 Å². The van der Waals surface area contributed by atoms with Crippen molar-refractivity contribution in [1.82, 2.24) is 0 Å². The Hall–Kier alpha value is -4.66. The van der Waals surface area contributed by atoms with E-state index in [9.17, 15) is 19.8 Å². The molecule has 5 rings (SSSR count). The quantitative estimate of drug-likeness (QED) is 0.281. The van der Waals surface area contributed by atoms with Crippen LogP contribution in [0.3, 0.4) is 0 Å². The van der Waals surface area contributed by atoms with E-state index >= 15 is 0 Å². The minimum absolute atomic E-state index is 0.165. The van der Waals surface area contributed by atoms with Gasteiger partial charge in [0.05, 0.1) is 11.9 Å². The van der Waals surface area contributed by atoms with Gasteiger partial charge in [-0.1, -0.05) is 60.7 Å². The summed E-state index contributed by atoms with van der Waals surface area (Å²) in [7, 11) is 0. The summed E-state index contributed by atoms with van der Waals surface area (Å²) in [6.45, 7) is 13.3. The van der Waals surface area contributed by atoms with E-state index in [4.69, 9.17) is 0 Å². The van der Waals surface area contributed by atoms with Crippen molar-refractivity contribution < 1.29 is 30.4 Å². The van der Waals surface area contributed by atoms with E-state index in [1.54, 1.807) is 36.4 Å². The summed E-state index contributed by atoms with van der Waals surface area (Å²) in [6.07, 6.45) is 0. The van der Waals surface area contributed by atoms with Crippen molar-refractivity contribution in [1.29, 1.82) is 0 Å². The van der Waals surface area contributed by atoms with E-state index in [1.165, 1.54) is 38.3 Å². The lowest BCUT2D eigenvalue weighted by Crippen LogP contribution is -3.04. The van der Waals surface area contributed by atoms with Gasteiger partial charge in [-0.3, -0.25) is 0 Å². The summed E-state index contributed by atoms with van der Waals surface area (Å²) < 4.78 is 0. The van der Waals surface area contributed by atoms with Crippen molar-refractivity contribution in [2.75, 3.05) is 36.8 Å². The third-order valence-corrected chi connectivity index (χ3v) is 7.19. The number of nitrogens with two attached hydrogens (primary N) is 2. The van der Waals surface area contributed by atoms with Crippen LogP contribution in [-0.2, 0) is 0 Å². The Labute approximate surface area is 247 Å². The maximum absolute atomic E-state index is 11.0. The van der Waals surface area contributed by atoms with Crippen molar-refractivity contribution in [3.8, 4) is 0 Å². The van der Waals surface area contributed by atoms with Crippen LogP contribution in [-0.4, -0.2) is 38.1 Å². The minimum Gasteiger partial charge on any atom is -0.545 e. The number of para-hydroxylation sites is 2. The molecule has 0 unspecified atom stereocenters. The van der Waals surface area contributed by atoms with Gasteiger partial charge in [0.15, 0.2) is 0 Å². The molecule has 1 fully saturated rings. The van der Waals surface area contributed by atoms with Gasteiger partial charge >= 0.3 is 0 Å². The highest BCUT2D eigenvalue weighted by molar-refractivity contribution is 5.94. The molecule has 1 aliphatic heterocycles. The Morgan fingerprint density at radius 2 is 0.857 bits per heavy atom. The zero-order chi connectivity index (χ0) is 30.5. The predicted octanol–water partition coefficient (Wildman–Crippen LogP) is 1.95. The zero-order valence-electron chi connectivity index (χ0n) is 24.7. The zero-order valence-corrected chi connectivity index (χ0v) is 24.7. The Morgan fingerprint density at radius 1 is 0.524 bits per heavy atom. The molecule has 6 N–H and O–H groups in total. The second-order valence-corrected chi connectivity index (χ2v) is 10.1. The highest BCUT2D eigenvalue weighted by Gasteiger charge is 2.07. The molecule has 42 heavy (non-hydrogen) atoms. The number of aryl methyl sites for hydroxylation is 2. The van der Waals surface area contributed by atoms with Crippen molar-refractivity contribution in [3.63, 3.8) is 0 Å². The van der Waals surface area contributed by atoms with Gasteiger partial charge in [0.2, 0.25) is 0 Å². The Balaban J connectivity index is 0.000000192. The topological polar surface area (TPSA) is 138 Å². The molecule has 0 radical (unpaired) electrons. The fourth-order valence-electron chi connectivity index (χ4n) is 4.36. The average molecular weight is 569 g/mol. The van der Waals surface area contributed by atoms with Crippen LogP contribution in [0.2, 0.25) is 0 Å². The molecule has 8 heteroatoms. The highest BCUT2D eigenvalue weighted by Crippen LogP contribution is 2.26. The Morgan fingerprint density at radius 3 is 1.19 bits per heavy atom. The molecule has 4 aromatic carbocycles. The van der Waals surface area contributed by atoms with Crippen molar-refractivity contribution in [3.05, 3.63) is 118 Å². The molecule has 220 valence electrons. The number of carbonyl (C=O) groups is 2. The number of quaternary nitrogens is 2. The van der Waals surface area contributed by atoms with E-state index in [1.807, 2.05) is 64.1 Å². The second-order valence-electron chi connectivity index (χ2n) is 10.1. The van der Waals surface area contributed by atoms with Gasteiger partial charge in [-0.2, -0.15) is 0 Å². The summed E-state index contributed by atoms with van der Waals surface area (Å²) in [5.74, 6) is -2.35. The number of hydrogen-bond acceptors (Lipinski definition) is 6. The van der Waals surface area contributed by atoms with Crippen LogP contribution in [0, 0.1) is 27.7 Å². The number of carboxylic acids is 2. The number of rotatable bonds is 6. The lowest BCUT2D eigenvalue weighted by molar-refractivity contribution is -0.787. The Bertz CT molecular complexity index is 1380. The van der Waals surface area contributed by atoms with Crippen molar-refractivity contribution >= 4 is 34.7 Å². The number of carbonyl (C=O) groups excluding carboxylic acids is 2. The fraction of sp³-hybridized carbons (Fsp3) is 0.235. The van der Waals surface area contributed by atoms with E-state index in [2.05, 4.69) is 21.3 Å². The largest absolute Gasteiger partial charge is 0.545 e. The van der Waals surface area contributed by atoms with Crippen LogP contribution < -0.4 is 31.5 Å². The molecule has 0 bridgehead atoms. The molecule has 1 saturated heterocycles. The molecular formula is C34H40N4O4. The maximum atomic E-state index is 11.0. The summed E-state index contributed by atoms with van der Waals surface area (Å²) in [6, 6.07) is 25.2. The maximum Gasteiger partial charge on any atom is 0.125 e. The monoisotopic (exact) mass is 568 g/mol. The van der Waals surface area contributed by atoms with E-state index < -0.39 is 11.9 Å². The number of piperazine rings is 1. The average Bonchev–Trinajstić information content (AvgIpc) is 3.00. The van der Waals surface area contributed by atoms with E-state index in [-0.39, 0.29) is 11.1 Å². The first-order valence-electron chi connectivity index (χ1n) is 14.1. The number of carboxylic acid groups (broad SMARTS) is 2. The van der Waals surface area contributed by atoms with Gasteiger partial charge < -0.3 is 41.1 Å². The first-order valence-corrected chi connectivity index (χ1v) is 14.1. The van der Waals surface area contributed by atoms with Crippen LogP contribution in [0.5, 0.6) is 0 Å². The molecule has 1 aliphatic rings. The van der Waals surface area contributed by atoms with Gasteiger partial charge in [-0.05, 0) is 74.2 Å². The van der Waals surface area contributed by atoms with Crippen LogP contribution >= 0.6 is 0 Å². The van der Waals surface area contributed by atoms with Crippen LogP contribution in [0.1, 0.15) is 43.0 Å². The minimum atomic E-state index is -1.18. The van der Waals surface area contributed by atoms with Gasteiger partial charge in [0, 0.05) is 33.9 Å². The third-order valence-electron chi connectivity index (χ3n) is 7.19. The summed E-state index contributed by atoms with van der Waals surface area (Å²) in [5, 5.41) is 33.0. The SMILES string of the molecule is C1C[NH2+]CC[NH2+]1.Cc1cccc(Nc2ccccc2C(=O)[O-])c1C.Cc1cccc(Nc2ccccc2C(=O)[O-])c1C. The van der Waals surface area contributed by atoms with Crippen molar-refractivity contribution in [2.45, 2.75) is 27.7 Å². The highest BCUT2D eigenvalue weighted by atomic mass is 16.4. The molecule has 0 spiro atoms. The van der Waals surface area contributed by atoms with E-state index in [0.717, 1.165) is 33.6 Å². The lowest BCUT2D eigenvalue weighted by Gasteiger charge is -2.15. The summed E-state index contributed by atoms with van der Waals surface area (Å²) in [5.41, 5.74) is 7.76. The number of nitrogens with one attached hydrogen (secondary N) is 2. The molecule has 0 aliphatic carbocycles. The molecular weight excluding hydrogens is 528 g/mol. The van der Waals surface area contributed by atoms with Gasteiger partial charge in [-0.15, -0.1) is 0 Å².